The van der Waals surface area contributed by atoms with Crippen molar-refractivity contribution < 1.29 is 0 Å². The maximum absolute atomic E-state index is 7.11. The first kappa shape index (κ1) is 16.2. The van der Waals surface area contributed by atoms with Gasteiger partial charge in [0.15, 0.2) is 5.69 Å². The molecule has 9 nitrogen and oxygen atoms in total. The molecule has 2 aromatic rings. The van der Waals surface area contributed by atoms with Gasteiger partial charge in [0.25, 0.3) is 11.6 Å². The lowest BCUT2D eigenvalue weighted by Gasteiger charge is -2.15. The largest absolute Gasteiger partial charge is 0.416 e. The first-order valence-corrected chi connectivity index (χ1v) is 6.77. The summed E-state index contributed by atoms with van der Waals surface area (Å²) in [5.74, 6) is 0.699. The van der Waals surface area contributed by atoms with Gasteiger partial charge in [-0.3, -0.25) is 4.68 Å². The fourth-order valence-corrected chi connectivity index (χ4v) is 1.98. The van der Waals surface area contributed by atoms with Gasteiger partial charge in [0.1, 0.15) is 5.82 Å². The van der Waals surface area contributed by atoms with Gasteiger partial charge in [-0.2, -0.15) is 5.10 Å². The zero-order chi connectivity index (χ0) is 17.4. The number of azo groups is 1. The maximum atomic E-state index is 7.11. The molecule has 23 heavy (non-hydrogen) atoms. The number of rotatable bonds is 2. The molecule has 118 valence electrons. The Morgan fingerprint density at radius 2 is 1.78 bits per heavy atom. The van der Waals surface area contributed by atoms with Crippen molar-refractivity contribution in [1.82, 2.24) is 19.3 Å². The van der Waals surface area contributed by atoms with Gasteiger partial charge in [0.05, 0.1) is 12.7 Å². The van der Waals surface area contributed by atoms with Crippen LogP contribution < -0.4 is 5.73 Å². The number of aromatic nitrogens is 4. The quantitative estimate of drug-likeness (QED) is 0.678. The first-order valence-electron chi connectivity index (χ1n) is 6.77. The van der Waals surface area contributed by atoms with Crippen LogP contribution in [-0.2, 0) is 19.5 Å². The van der Waals surface area contributed by atoms with E-state index in [0.29, 0.717) is 17.2 Å². The van der Waals surface area contributed by atoms with Gasteiger partial charge in [-0.1, -0.05) is 44.0 Å². The third-order valence-electron chi connectivity index (χ3n) is 3.25. The number of aryl methyl sites for hydroxylation is 1. The molecule has 0 saturated carbocycles. The minimum Gasteiger partial charge on any atom is -0.382 e. The number of nitrogen functional groups attached to an aromatic ring is 1. The minimum atomic E-state index is -0.255. The van der Waals surface area contributed by atoms with Crippen molar-refractivity contribution in [3.05, 3.63) is 28.5 Å². The molecule has 0 aliphatic rings. The summed E-state index contributed by atoms with van der Waals surface area (Å²) >= 11 is 0. The van der Waals surface area contributed by atoms with Crippen LogP contribution in [0.15, 0.2) is 10.2 Å². The fourth-order valence-electron chi connectivity index (χ4n) is 1.98. The van der Waals surface area contributed by atoms with Crippen LogP contribution in [-0.4, -0.2) is 19.3 Å². The zero-order valence-corrected chi connectivity index (χ0v) is 13.7. The summed E-state index contributed by atoms with van der Waals surface area (Å²) in [6.45, 7) is 20.2. The summed E-state index contributed by atoms with van der Waals surface area (Å²) in [7, 11) is 3.35. The number of nitrogens with zero attached hydrogens (tertiary/aromatic N) is 8. The summed E-state index contributed by atoms with van der Waals surface area (Å²) in [5.41, 5.74) is 6.94. The SMILES string of the molecule is [C-]#[N+]c1nc(/N=N/c2c(C(C)(C)C)nn(C)c2N)n(C)c1[N+]#[C-]. The Hall–Kier alpha value is -3.20. The van der Waals surface area contributed by atoms with Crippen molar-refractivity contribution in [2.75, 3.05) is 5.73 Å². The fraction of sp³-hybridized carbons (Fsp3) is 0.429. The van der Waals surface area contributed by atoms with E-state index in [4.69, 9.17) is 18.9 Å². The van der Waals surface area contributed by atoms with Gasteiger partial charge >= 0.3 is 5.95 Å². The number of hydrogen-bond acceptors (Lipinski definition) is 5. The predicted molar refractivity (Wildman–Crippen MR) is 86.2 cm³/mol. The molecule has 0 spiro atoms. The third kappa shape index (κ3) is 2.77. The lowest BCUT2D eigenvalue weighted by atomic mass is 9.91. The van der Waals surface area contributed by atoms with E-state index < -0.39 is 0 Å². The van der Waals surface area contributed by atoms with E-state index in [9.17, 15) is 0 Å². The summed E-state index contributed by atoms with van der Waals surface area (Å²) in [5, 5.41) is 12.6. The smallest absolute Gasteiger partial charge is 0.382 e. The van der Waals surface area contributed by atoms with Crippen molar-refractivity contribution in [2.24, 2.45) is 24.3 Å². The molecule has 2 N–H and O–H groups in total. The molecular weight excluding hydrogens is 294 g/mol. The average molecular weight is 311 g/mol. The Labute approximate surface area is 134 Å². The molecule has 0 saturated heterocycles. The Morgan fingerprint density at radius 3 is 2.26 bits per heavy atom. The summed E-state index contributed by atoms with van der Waals surface area (Å²) in [4.78, 5) is 10.5. The normalized spacial score (nSPS) is 11.6. The third-order valence-corrected chi connectivity index (χ3v) is 3.25. The second-order valence-electron chi connectivity index (χ2n) is 6.00. The standard InChI is InChI=1S/C14H17N9/c1-14(2,3)9-8(10(15)23(7)21-9)19-20-13-18-11(16-4)12(17-5)22(13)6/h15H2,1-3,6-7H3/b20-19+. The Bertz CT molecular complexity index is 862. The highest BCUT2D eigenvalue weighted by Crippen LogP contribution is 2.37. The molecule has 9 heteroatoms. The van der Waals surface area contributed by atoms with E-state index in [0.717, 1.165) is 0 Å². The maximum Gasteiger partial charge on any atom is 0.416 e. The van der Waals surface area contributed by atoms with Gasteiger partial charge in [-0.15, -0.1) is 5.11 Å². The van der Waals surface area contributed by atoms with Crippen LogP contribution in [0.2, 0.25) is 0 Å². The Morgan fingerprint density at radius 1 is 1.13 bits per heavy atom. The highest BCUT2D eigenvalue weighted by Gasteiger charge is 2.26. The number of hydrogen-bond donors (Lipinski definition) is 1. The molecule has 2 rings (SSSR count). The van der Waals surface area contributed by atoms with E-state index in [1.807, 2.05) is 20.8 Å². The molecule has 0 atom stereocenters. The van der Waals surface area contributed by atoms with Gasteiger partial charge in [-0.05, 0) is 0 Å². The lowest BCUT2D eigenvalue weighted by molar-refractivity contribution is 0.554. The van der Waals surface area contributed by atoms with E-state index in [1.54, 1.807) is 18.8 Å². The van der Waals surface area contributed by atoms with Crippen LogP contribution in [0.3, 0.4) is 0 Å². The molecule has 0 aliphatic heterocycles. The molecule has 2 aromatic heterocycles. The summed E-state index contributed by atoms with van der Waals surface area (Å²) < 4.78 is 2.97. The second kappa shape index (κ2) is 5.54. The van der Waals surface area contributed by atoms with Gasteiger partial charge < -0.3 is 15.4 Å². The molecule has 0 radical (unpaired) electrons. The van der Waals surface area contributed by atoms with E-state index in [2.05, 4.69) is 30.0 Å². The minimum absolute atomic E-state index is 0.00616. The van der Waals surface area contributed by atoms with Crippen LogP contribution in [0.5, 0.6) is 0 Å². The van der Waals surface area contributed by atoms with Gasteiger partial charge in [0, 0.05) is 12.5 Å². The lowest BCUT2D eigenvalue weighted by Crippen LogP contribution is -2.12. The van der Waals surface area contributed by atoms with Crippen molar-refractivity contribution in [3.63, 3.8) is 0 Å². The molecular formula is C14H17N9. The molecule has 0 aromatic carbocycles. The number of nitrogens with two attached hydrogens (primary N) is 1. The monoisotopic (exact) mass is 311 g/mol. The Balaban J connectivity index is 2.53. The van der Waals surface area contributed by atoms with Crippen molar-refractivity contribution in [1.29, 1.82) is 0 Å². The highest BCUT2D eigenvalue weighted by atomic mass is 15.3. The van der Waals surface area contributed by atoms with Crippen LogP contribution >= 0.6 is 0 Å². The van der Waals surface area contributed by atoms with Crippen LogP contribution in [0.1, 0.15) is 26.5 Å². The van der Waals surface area contributed by atoms with Gasteiger partial charge in [-0.25, -0.2) is 4.57 Å². The van der Waals surface area contributed by atoms with E-state index in [-0.39, 0.29) is 23.0 Å². The van der Waals surface area contributed by atoms with Gasteiger partial charge in [0.2, 0.25) is 0 Å². The van der Waals surface area contributed by atoms with Crippen LogP contribution in [0.25, 0.3) is 9.69 Å². The Kier molecular flexibility index (Phi) is 3.89. The molecule has 0 bridgehead atoms. The molecule has 0 amide bonds. The highest BCUT2D eigenvalue weighted by molar-refractivity contribution is 5.66. The van der Waals surface area contributed by atoms with Crippen molar-refractivity contribution in [3.8, 4) is 0 Å². The summed E-state index contributed by atoms with van der Waals surface area (Å²) in [6.07, 6.45) is 0. The second-order valence-corrected chi connectivity index (χ2v) is 6.00. The first-order chi connectivity index (χ1) is 10.7. The van der Waals surface area contributed by atoms with Crippen LogP contribution in [0.4, 0.5) is 29.1 Å². The molecule has 0 aliphatic carbocycles. The van der Waals surface area contributed by atoms with E-state index in [1.165, 1.54) is 4.57 Å². The molecule has 0 unspecified atom stereocenters. The average Bonchev–Trinajstić information content (AvgIpc) is 2.94. The van der Waals surface area contributed by atoms with Crippen molar-refractivity contribution in [2.45, 2.75) is 26.2 Å². The van der Waals surface area contributed by atoms with Crippen LogP contribution in [0, 0.1) is 13.1 Å². The number of imidazole rings is 1. The van der Waals surface area contributed by atoms with E-state index >= 15 is 0 Å². The number of anilines is 1. The summed E-state index contributed by atoms with van der Waals surface area (Å²) in [6, 6.07) is 0. The topological polar surface area (TPSA) is 95.1 Å². The zero-order valence-electron chi connectivity index (χ0n) is 13.7. The molecule has 2 heterocycles. The van der Waals surface area contributed by atoms with Crippen molar-refractivity contribution >= 4 is 29.1 Å². The molecule has 0 fully saturated rings. The predicted octanol–water partition coefficient (Wildman–Crippen LogP) is 3.55.